The number of benzene rings is 1. The van der Waals surface area contributed by atoms with E-state index in [4.69, 9.17) is 10.5 Å². The van der Waals surface area contributed by atoms with Crippen LogP contribution in [0, 0.1) is 17.8 Å². The molecule has 0 saturated heterocycles. The van der Waals surface area contributed by atoms with Crippen molar-refractivity contribution >= 4 is 0 Å². The van der Waals surface area contributed by atoms with Gasteiger partial charge >= 0.3 is 0 Å². The van der Waals surface area contributed by atoms with Gasteiger partial charge in [0, 0.05) is 19.7 Å². The van der Waals surface area contributed by atoms with E-state index in [1.165, 1.54) is 36.8 Å². The summed E-state index contributed by atoms with van der Waals surface area (Å²) in [6.45, 7) is 2.45. The summed E-state index contributed by atoms with van der Waals surface area (Å²) in [6.07, 6.45) is 5.78. The van der Waals surface area contributed by atoms with Crippen LogP contribution in [0.15, 0.2) is 24.3 Å². The molecule has 3 nitrogen and oxygen atoms in total. The Hall–Kier alpha value is -0.900. The molecule has 3 rings (SSSR count). The summed E-state index contributed by atoms with van der Waals surface area (Å²) in [6, 6.07) is 8.87. The molecule has 2 aliphatic carbocycles. The molecular weight excluding hydrogens is 260 g/mol. The van der Waals surface area contributed by atoms with Crippen molar-refractivity contribution in [3.05, 3.63) is 35.4 Å². The molecule has 0 radical (unpaired) electrons. The van der Waals surface area contributed by atoms with E-state index in [-0.39, 0.29) is 6.04 Å². The largest absolute Gasteiger partial charge is 0.380 e. The number of rotatable bonds is 9. The molecule has 0 bridgehead atoms. The first kappa shape index (κ1) is 15.0. The lowest BCUT2D eigenvalue weighted by atomic mass is 9.96. The van der Waals surface area contributed by atoms with Crippen LogP contribution < -0.4 is 11.1 Å². The Labute approximate surface area is 128 Å². The average molecular weight is 288 g/mol. The fraction of sp³-hybridized carbons (Fsp3) is 0.667. The van der Waals surface area contributed by atoms with E-state index >= 15 is 0 Å². The summed E-state index contributed by atoms with van der Waals surface area (Å²) >= 11 is 0. The second kappa shape index (κ2) is 6.91. The number of ether oxygens (including phenoxy) is 1. The Morgan fingerprint density at radius 2 is 1.95 bits per heavy atom. The summed E-state index contributed by atoms with van der Waals surface area (Å²) in [4.78, 5) is 0. The summed E-state index contributed by atoms with van der Waals surface area (Å²) in [5, 5.41) is 3.73. The van der Waals surface area contributed by atoms with Crippen LogP contribution in [0.1, 0.15) is 42.9 Å². The first-order valence-electron chi connectivity index (χ1n) is 8.33. The molecule has 2 aliphatic rings. The number of methoxy groups -OCH3 is 1. The molecule has 2 saturated carbocycles. The zero-order valence-corrected chi connectivity index (χ0v) is 13.1. The predicted octanol–water partition coefficient (Wildman–Crippen LogP) is 2.86. The van der Waals surface area contributed by atoms with E-state index in [1.54, 1.807) is 7.11 Å². The quantitative estimate of drug-likeness (QED) is 0.734. The first-order valence-corrected chi connectivity index (χ1v) is 8.33. The summed E-state index contributed by atoms with van der Waals surface area (Å²) in [5.74, 6) is 2.87. The lowest BCUT2D eigenvalue weighted by molar-refractivity contribution is 0.185. The van der Waals surface area contributed by atoms with Crippen molar-refractivity contribution in [2.24, 2.45) is 23.5 Å². The minimum atomic E-state index is 0.266. The molecule has 0 aromatic heterocycles. The van der Waals surface area contributed by atoms with E-state index in [1.807, 2.05) is 0 Å². The van der Waals surface area contributed by atoms with Crippen LogP contribution in [0.5, 0.6) is 0 Å². The second-order valence-electron chi connectivity index (χ2n) is 6.71. The van der Waals surface area contributed by atoms with Crippen molar-refractivity contribution in [2.75, 3.05) is 20.2 Å². The van der Waals surface area contributed by atoms with E-state index in [2.05, 4.69) is 29.6 Å². The van der Waals surface area contributed by atoms with Gasteiger partial charge in [0.2, 0.25) is 0 Å². The molecule has 0 spiro atoms. The first-order chi connectivity index (χ1) is 10.3. The minimum absolute atomic E-state index is 0.266. The van der Waals surface area contributed by atoms with Crippen LogP contribution in [-0.4, -0.2) is 20.2 Å². The average Bonchev–Trinajstić information content (AvgIpc) is 3.38. The van der Waals surface area contributed by atoms with Crippen LogP contribution in [0.4, 0.5) is 0 Å². The number of hydrogen-bond donors (Lipinski definition) is 2. The monoisotopic (exact) mass is 288 g/mol. The maximum Gasteiger partial charge on any atom is 0.0713 e. The minimum Gasteiger partial charge on any atom is -0.380 e. The molecule has 0 amide bonds. The Balaban J connectivity index is 1.59. The van der Waals surface area contributed by atoms with E-state index in [9.17, 15) is 0 Å². The zero-order chi connectivity index (χ0) is 14.7. The molecule has 3 N–H and O–H groups in total. The Morgan fingerprint density at radius 3 is 2.52 bits per heavy atom. The van der Waals surface area contributed by atoms with E-state index < -0.39 is 0 Å². The smallest absolute Gasteiger partial charge is 0.0713 e. The Bertz CT molecular complexity index is 442. The highest BCUT2D eigenvalue weighted by molar-refractivity contribution is 5.26. The molecule has 2 fully saturated rings. The predicted molar refractivity (Wildman–Crippen MR) is 85.9 cm³/mol. The molecule has 1 aromatic carbocycles. The van der Waals surface area contributed by atoms with Gasteiger partial charge in [-0.2, -0.15) is 0 Å². The molecule has 1 atom stereocenters. The lowest BCUT2D eigenvalue weighted by Crippen LogP contribution is -2.33. The van der Waals surface area contributed by atoms with Crippen LogP contribution in [0.25, 0.3) is 0 Å². The highest BCUT2D eigenvalue weighted by Crippen LogP contribution is 2.48. The van der Waals surface area contributed by atoms with Gasteiger partial charge in [0.05, 0.1) is 6.61 Å². The molecule has 1 aromatic rings. The molecule has 21 heavy (non-hydrogen) atoms. The van der Waals surface area contributed by atoms with E-state index in [0.717, 1.165) is 24.3 Å². The van der Waals surface area contributed by atoms with Gasteiger partial charge in [-0.3, -0.25) is 0 Å². The fourth-order valence-corrected chi connectivity index (χ4v) is 3.45. The molecule has 0 heterocycles. The fourth-order valence-electron chi connectivity index (χ4n) is 3.45. The zero-order valence-electron chi connectivity index (χ0n) is 13.1. The maximum absolute atomic E-state index is 6.00. The van der Waals surface area contributed by atoms with Gasteiger partial charge in [0.25, 0.3) is 0 Å². The van der Waals surface area contributed by atoms with Gasteiger partial charge in [-0.1, -0.05) is 24.3 Å². The van der Waals surface area contributed by atoms with Crippen LogP contribution in [0.2, 0.25) is 0 Å². The molecular formula is C18H28N2O. The van der Waals surface area contributed by atoms with Gasteiger partial charge in [-0.25, -0.2) is 0 Å². The third-order valence-electron chi connectivity index (χ3n) is 4.96. The third-order valence-corrected chi connectivity index (χ3v) is 4.96. The van der Waals surface area contributed by atoms with Crippen molar-refractivity contribution in [3.63, 3.8) is 0 Å². The van der Waals surface area contributed by atoms with Gasteiger partial charge < -0.3 is 15.8 Å². The Kier molecular flexibility index (Phi) is 4.94. The normalized spacial score (nSPS) is 20.0. The van der Waals surface area contributed by atoms with Crippen LogP contribution in [-0.2, 0) is 11.3 Å². The van der Waals surface area contributed by atoms with Crippen molar-refractivity contribution in [1.29, 1.82) is 0 Å². The second-order valence-corrected chi connectivity index (χ2v) is 6.71. The molecule has 3 heteroatoms. The standard InChI is InChI=1S/C18H28N2O/c1-21-12-13-3-2-4-16(9-13)18(10-19)20-11-17(14-5-6-14)15-7-8-15/h2-4,9,14-15,17-18,20H,5-8,10-12,19H2,1H3. The number of nitrogens with one attached hydrogen (secondary N) is 1. The molecule has 1 unspecified atom stereocenters. The number of nitrogens with two attached hydrogens (primary N) is 1. The van der Waals surface area contributed by atoms with Crippen molar-refractivity contribution in [2.45, 2.75) is 38.3 Å². The summed E-state index contributed by atoms with van der Waals surface area (Å²) in [7, 11) is 1.74. The van der Waals surface area contributed by atoms with Gasteiger partial charge in [-0.15, -0.1) is 0 Å². The maximum atomic E-state index is 6.00. The highest BCUT2D eigenvalue weighted by atomic mass is 16.5. The summed E-state index contributed by atoms with van der Waals surface area (Å²) in [5.41, 5.74) is 8.51. The molecule has 116 valence electrons. The third kappa shape index (κ3) is 4.06. The van der Waals surface area contributed by atoms with Crippen molar-refractivity contribution in [3.8, 4) is 0 Å². The SMILES string of the molecule is COCc1cccc(C(CN)NCC(C2CC2)C2CC2)c1. The molecule has 0 aliphatic heterocycles. The lowest BCUT2D eigenvalue weighted by Gasteiger charge is -2.23. The van der Waals surface area contributed by atoms with Gasteiger partial charge in [-0.05, 0) is 61.1 Å². The van der Waals surface area contributed by atoms with Crippen LogP contribution >= 0.6 is 0 Å². The summed E-state index contributed by atoms with van der Waals surface area (Å²) < 4.78 is 5.22. The van der Waals surface area contributed by atoms with Crippen molar-refractivity contribution in [1.82, 2.24) is 5.32 Å². The van der Waals surface area contributed by atoms with Gasteiger partial charge in [0.15, 0.2) is 0 Å². The van der Waals surface area contributed by atoms with Crippen LogP contribution in [0.3, 0.4) is 0 Å². The highest BCUT2D eigenvalue weighted by Gasteiger charge is 2.41. The Morgan fingerprint density at radius 1 is 1.24 bits per heavy atom. The van der Waals surface area contributed by atoms with E-state index in [0.29, 0.717) is 13.2 Å². The number of hydrogen-bond acceptors (Lipinski definition) is 3. The van der Waals surface area contributed by atoms with Gasteiger partial charge in [0.1, 0.15) is 0 Å². The topological polar surface area (TPSA) is 47.3 Å². The van der Waals surface area contributed by atoms with Crippen molar-refractivity contribution < 1.29 is 4.74 Å².